The van der Waals surface area contributed by atoms with Gasteiger partial charge in [0.2, 0.25) is 0 Å². The van der Waals surface area contributed by atoms with Gasteiger partial charge in [-0.05, 0) is 6.92 Å². The first kappa shape index (κ1) is 8.93. The van der Waals surface area contributed by atoms with Crippen LogP contribution in [0.1, 0.15) is 13.3 Å². The van der Waals surface area contributed by atoms with Gasteiger partial charge in [0.25, 0.3) is 0 Å². The van der Waals surface area contributed by atoms with E-state index in [4.69, 9.17) is 9.47 Å². The van der Waals surface area contributed by atoms with Crippen LogP contribution in [0, 0.1) is 0 Å². The van der Waals surface area contributed by atoms with Crippen molar-refractivity contribution in [2.75, 3.05) is 7.11 Å². The summed E-state index contributed by atoms with van der Waals surface area (Å²) in [7, 11) is 1.44. The second kappa shape index (κ2) is 3.49. The molecule has 1 aliphatic rings. The Hall–Kier alpha value is -0.160. The molecule has 1 rings (SSSR count). The van der Waals surface area contributed by atoms with Crippen LogP contribution in [-0.4, -0.2) is 41.9 Å². The molecule has 0 aromatic carbocycles. The van der Waals surface area contributed by atoms with Crippen molar-refractivity contribution in [1.82, 2.24) is 0 Å². The molecular weight excluding hydrogens is 148 g/mol. The summed E-state index contributed by atoms with van der Waals surface area (Å²) in [6.45, 7) is 1.83. The Morgan fingerprint density at radius 3 is 2.64 bits per heavy atom. The van der Waals surface area contributed by atoms with E-state index in [1.54, 1.807) is 0 Å². The van der Waals surface area contributed by atoms with Gasteiger partial charge in [-0.1, -0.05) is 0 Å². The maximum Gasteiger partial charge on any atom is 0.185 e. The molecule has 0 saturated carbocycles. The summed E-state index contributed by atoms with van der Waals surface area (Å²) in [6.07, 6.45) is -1.94. The fourth-order valence-electron chi connectivity index (χ4n) is 1.22. The van der Waals surface area contributed by atoms with Crippen LogP contribution in [0.25, 0.3) is 0 Å². The molecule has 4 nitrogen and oxygen atoms in total. The van der Waals surface area contributed by atoms with Crippen molar-refractivity contribution in [1.29, 1.82) is 0 Å². The smallest absolute Gasteiger partial charge is 0.185 e. The second-order valence-corrected chi connectivity index (χ2v) is 2.84. The summed E-state index contributed by atoms with van der Waals surface area (Å²) in [5, 5.41) is 18.5. The minimum atomic E-state index is -0.920. The van der Waals surface area contributed by atoms with Crippen molar-refractivity contribution in [3.63, 3.8) is 0 Å². The standard InChI is InChI=1S/C7H14O4/c1-4-3-5(8)6(9)7(10-2)11-4/h4-9H,3H2,1-2H3/t4-,5+,6-,7-/m1/s1. The zero-order chi connectivity index (χ0) is 8.43. The minimum absolute atomic E-state index is 0.0571. The Labute approximate surface area is 65.7 Å². The molecule has 0 unspecified atom stereocenters. The number of ether oxygens (including phenoxy) is 2. The largest absolute Gasteiger partial charge is 0.390 e. The summed E-state index contributed by atoms with van der Waals surface area (Å²) >= 11 is 0. The first-order valence-electron chi connectivity index (χ1n) is 3.69. The Morgan fingerprint density at radius 1 is 1.45 bits per heavy atom. The fourth-order valence-corrected chi connectivity index (χ4v) is 1.22. The molecule has 0 aromatic heterocycles. The number of hydrogen-bond acceptors (Lipinski definition) is 4. The van der Waals surface area contributed by atoms with Crippen molar-refractivity contribution in [2.24, 2.45) is 0 Å². The van der Waals surface area contributed by atoms with Crippen molar-refractivity contribution < 1.29 is 19.7 Å². The Kier molecular flexibility index (Phi) is 2.84. The lowest BCUT2D eigenvalue weighted by Crippen LogP contribution is -2.48. The van der Waals surface area contributed by atoms with Crippen molar-refractivity contribution in [3.8, 4) is 0 Å². The number of hydrogen-bond donors (Lipinski definition) is 2. The summed E-state index contributed by atoms with van der Waals surface area (Å²) in [5.41, 5.74) is 0. The predicted octanol–water partition coefficient (Wildman–Crippen LogP) is -0.510. The number of aliphatic hydroxyl groups excluding tert-OH is 2. The van der Waals surface area contributed by atoms with Gasteiger partial charge in [-0.15, -0.1) is 0 Å². The Morgan fingerprint density at radius 2 is 2.09 bits per heavy atom. The first-order valence-corrected chi connectivity index (χ1v) is 3.69. The maximum absolute atomic E-state index is 9.26. The van der Waals surface area contributed by atoms with Crippen molar-refractivity contribution in [3.05, 3.63) is 0 Å². The molecule has 11 heavy (non-hydrogen) atoms. The first-order chi connectivity index (χ1) is 5.15. The fraction of sp³-hybridized carbons (Fsp3) is 1.00. The van der Waals surface area contributed by atoms with Crippen LogP contribution in [0.15, 0.2) is 0 Å². The van der Waals surface area contributed by atoms with E-state index in [-0.39, 0.29) is 6.10 Å². The van der Waals surface area contributed by atoms with E-state index in [0.717, 1.165) is 0 Å². The predicted molar refractivity (Wildman–Crippen MR) is 38.0 cm³/mol. The highest BCUT2D eigenvalue weighted by Crippen LogP contribution is 2.19. The Bertz CT molecular complexity index is 128. The van der Waals surface area contributed by atoms with Gasteiger partial charge in [0.05, 0.1) is 12.2 Å². The molecule has 1 saturated heterocycles. The van der Waals surface area contributed by atoms with E-state index in [1.165, 1.54) is 7.11 Å². The number of rotatable bonds is 1. The third-order valence-electron chi connectivity index (χ3n) is 1.85. The van der Waals surface area contributed by atoms with Crippen molar-refractivity contribution in [2.45, 2.75) is 37.9 Å². The van der Waals surface area contributed by atoms with Crippen molar-refractivity contribution >= 4 is 0 Å². The zero-order valence-electron chi connectivity index (χ0n) is 6.73. The molecule has 0 bridgehead atoms. The van der Waals surface area contributed by atoms with Gasteiger partial charge in [0.15, 0.2) is 6.29 Å². The van der Waals surface area contributed by atoms with E-state index in [1.807, 2.05) is 6.92 Å². The summed E-state index contributed by atoms with van der Waals surface area (Å²) < 4.78 is 10.00. The highest BCUT2D eigenvalue weighted by atomic mass is 16.7. The molecule has 0 aliphatic carbocycles. The second-order valence-electron chi connectivity index (χ2n) is 2.84. The Balaban J connectivity index is 2.51. The highest BCUT2D eigenvalue weighted by Gasteiger charge is 2.34. The average molecular weight is 162 g/mol. The average Bonchev–Trinajstić information content (AvgIpc) is 1.96. The minimum Gasteiger partial charge on any atom is -0.390 e. The lowest BCUT2D eigenvalue weighted by molar-refractivity contribution is -0.254. The topological polar surface area (TPSA) is 58.9 Å². The lowest BCUT2D eigenvalue weighted by Gasteiger charge is -2.34. The van der Waals surface area contributed by atoms with Crippen LogP contribution >= 0.6 is 0 Å². The van der Waals surface area contributed by atoms with E-state index >= 15 is 0 Å². The molecular formula is C7H14O4. The molecule has 66 valence electrons. The molecule has 0 spiro atoms. The molecule has 0 amide bonds. The molecule has 1 heterocycles. The van der Waals surface area contributed by atoms with Gasteiger partial charge in [0.1, 0.15) is 6.10 Å². The summed E-state index contributed by atoms with van der Waals surface area (Å²) in [4.78, 5) is 0. The van der Waals surface area contributed by atoms with E-state index < -0.39 is 18.5 Å². The molecule has 4 heteroatoms. The molecule has 1 fully saturated rings. The van der Waals surface area contributed by atoms with Crippen LogP contribution in [0.4, 0.5) is 0 Å². The van der Waals surface area contributed by atoms with Gasteiger partial charge >= 0.3 is 0 Å². The van der Waals surface area contributed by atoms with Crippen LogP contribution in [0.2, 0.25) is 0 Å². The van der Waals surface area contributed by atoms with Crippen LogP contribution in [0.5, 0.6) is 0 Å². The van der Waals surface area contributed by atoms with E-state index in [9.17, 15) is 10.2 Å². The van der Waals surface area contributed by atoms with E-state index in [0.29, 0.717) is 6.42 Å². The van der Waals surface area contributed by atoms with Gasteiger partial charge in [-0.2, -0.15) is 0 Å². The maximum atomic E-state index is 9.26. The van der Waals surface area contributed by atoms with Gasteiger partial charge in [0, 0.05) is 13.5 Å². The van der Waals surface area contributed by atoms with Gasteiger partial charge < -0.3 is 19.7 Å². The number of aliphatic hydroxyl groups is 2. The molecule has 0 radical (unpaired) electrons. The molecule has 4 atom stereocenters. The molecule has 2 N–H and O–H groups in total. The SMILES string of the molecule is CO[C@@H]1O[C@H](C)C[C@H](O)[C@H]1O. The zero-order valence-corrected chi connectivity index (χ0v) is 6.73. The monoisotopic (exact) mass is 162 g/mol. The normalized spacial score (nSPS) is 45.8. The third kappa shape index (κ3) is 1.90. The number of methoxy groups -OCH3 is 1. The quantitative estimate of drug-likeness (QED) is 0.545. The van der Waals surface area contributed by atoms with Crippen LogP contribution < -0.4 is 0 Å². The van der Waals surface area contributed by atoms with Gasteiger partial charge in [-0.25, -0.2) is 0 Å². The molecule has 1 aliphatic heterocycles. The molecule has 0 aromatic rings. The van der Waals surface area contributed by atoms with Gasteiger partial charge in [-0.3, -0.25) is 0 Å². The van der Waals surface area contributed by atoms with E-state index in [2.05, 4.69) is 0 Å². The van der Waals surface area contributed by atoms with Crippen LogP contribution in [-0.2, 0) is 9.47 Å². The highest BCUT2D eigenvalue weighted by molar-refractivity contribution is 4.78. The summed E-state index contributed by atoms with van der Waals surface area (Å²) in [6, 6.07) is 0. The third-order valence-corrected chi connectivity index (χ3v) is 1.85. The lowest BCUT2D eigenvalue weighted by atomic mass is 10.0. The summed E-state index contributed by atoms with van der Waals surface area (Å²) in [5.74, 6) is 0. The van der Waals surface area contributed by atoms with Crippen LogP contribution in [0.3, 0.4) is 0 Å².